The van der Waals surface area contributed by atoms with E-state index in [1.807, 2.05) is 30.3 Å². The molecule has 1 aliphatic carbocycles. The number of benzene rings is 2. The summed E-state index contributed by atoms with van der Waals surface area (Å²) in [5.74, 6) is 1.45. The lowest BCUT2D eigenvalue weighted by Crippen LogP contribution is -2.49. The average Bonchev–Trinajstić information content (AvgIpc) is 3.00. The lowest BCUT2D eigenvalue weighted by molar-refractivity contribution is -0.899. The van der Waals surface area contributed by atoms with Crippen molar-refractivity contribution >= 4 is 0 Å². The van der Waals surface area contributed by atoms with Crippen LogP contribution in [0.25, 0.3) is 11.1 Å². The summed E-state index contributed by atoms with van der Waals surface area (Å²) in [7, 11) is 1.65. The molecule has 2 aliphatic heterocycles. The van der Waals surface area contributed by atoms with Crippen LogP contribution in [-0.2, 0) is 6.42 Å². The fourth-order valence-electron chi connectivity index (χ4n) is 4.29. The van der Waals surface area contributed by atoms with E-state index in [2.05, 4.69) is 0 Å². The Balaban J connectivity index is 1.91. The highest BCUT2D eigenvalue weighted by atomic mass is 16.7. The van der Waals surface area contributed by atoms with E-state index in [0.29, 0.717) is 18.7 Å². The summed E-state index contributed by atoms with van der Waals surface area (Å²) in [4.78, 5) is 0. The van der Waals surface area contributed by atoms with Gasteiger partial charge in [0.25, 0.3) is 0 Å². The maximum absolute atomic E-state index is 13.1. The van der Waals surface area contributed by atoms with Crippen LogP contribution in [0.1, 0.15) is 28.8 Å². The third-order valence-corrected chi connectivity index (χ3v) is 5.35. The monoisotopic (exact) mass is 311 g/mol. The zero-order chi connectivity index (χ0) is 15.8. The van der Waals surface area contributed by atoms with Crippen molar-refractivity contribution in [3.63, 3.8) is 0 Å². The third kappa shape index (κ3) is 1.62. The molecule has 0 fully saturated rings. The van der Waals surface area contributed by atoms with Gasteiger partial charge in [-0.3, -0.25) is 0 Å². The van der Waals surface area contributed by atoms with Crippen molar-refractivity contribution in [2.45, 2.75) is 18.6 Å². The molecule has 0 amide bonds. The van der Waals surface area contributed by atoms with Gasteiger partial charge < -0.3 is 24.4 Å². The molecule has 0 saturated carbocycles. The molecule has 2 heterocycles. The van der Waals surface area contributed by atoms with Crippen LogP contribution < -0.4 is 9.47 Å². The van der Waals surface area contributed by atoms with Gasteiger partial charge in [0.2, 0.25) is 6.79 Å². The zero-order valence-corrected chi connectivity index (χ0v) is 12.8. The molecule has 2 aromatic rings. The first-order valence-corrected chi connectivity index (χ1v) is 7.87. The number of hydroxylamine groups is 3. The lowest BCUT2D eigenvalue weighted by Gasteiger charge is -2.52. The van der Waals surface area contributed by atoms with E-state index in [9.17, 15) is 10.3 Å². The summed E-state index contributed by atoms with van der Waals surface area (Å²) in [6.45, 7) is 0.653. The van der Waals surface area contributed by atoms with Crippen LogP contribution in [0.2, 0.25) is 0 Å². The van der Waals surface area contributed by atoms with Crippen molar-refractivity contribution in [2.75, 3.05) is 20.4 Å². The van der Waals surface area contributed by atoms with Gasteiger partial charge in [-0.1, -0.05) is 24.3 Å². The predicted octanol–water partition coefficient (Wildman–Crippen LogP) is 2.67. The van der Waals surface area contributed by atoms with Crippen LogP contribution in [0.5, 0.6) is 11.5 Å². The summed E-state index contributed by atoms with van der Waals surface area (Å²) in [6, 6.07) is 9.18. The number of aliphatic hydroxyl groups is 1. The molecule has 3 atom stereocenters. The molecule has 0 spiro atoms. The maximum atomic E-state index is 13.1. The number of hydrogen-bond acceptors (Lipinski definition) is 4. The van der Waals surface area contributed by atoms with Gasteiger partial charge in [-0.15, -0.1) is 0 Å². The molecule has 23 heavy (non-hydrogen) atoms. The topological polar surface area (TPSA) is 61.8 Å². The van der Waals surface area contributed by atoms with Crippen molar-refractivity contribution in [1.29, 1.82) is 0 Å². The molecule has 0 bridgehead atoms. The maximum Gasteiger partial charge on any atom is 0.231 e. The standard InChI is InChI=1S/C18H17NO4/c1-19(21)7-6-10-8-13-18(23-9-22-13)15-11-4-2-3-5-12(11)17(20)16(19)14(10)15/h2-5,8,16-17,20H,6-7,9H2,1H3/t16-,17-,19?/m0/s1. The van der Waals surface area contributed by atoms with Crippen molar-refractivity contribution in [2.24, 2.45) is 0 Å². The Bertz CT molecular complexity index is 830. The van der Waals surface area contributed by atoms with Gasteiger partial charge in [-0.2, -0.15) is 0 Å². The fraction of sp³-hybridized carbons (Fsp3) is 0.333. The van der Waals surface area contributed by atoms with Gasteiger partial charge in [0, 0.05) is 17.5 Å². The molecule has 118 valence electrons. The molecule has 5 rings (SSSR count). The molecule has 0 saturated heterocycles. The Morgan fingerprint density at radius 3 is 2.96 bits per heavy atom. The Morgan fingerprint density at radius 2 is 2.09 bits per heavy atom. The van der Waals surface area contributed by atoms with Gasteiger partial charge in [0.1, 0.15) is 12.1 Å². The minimum absolute atomic E-state index is 0.199. The van der Waals surface area contributed by atoms with Gasteiger partial charge in [-0.25, -0.2) is 0 Å². The number of ether oxygens (including phenoxy) is 2. The van der Waals surface area contributed by atoms with Gasteiger partial charge in [0.15, 0.2) is 11.5 Å². The Labute approximate surface area is 133 Å². The van der Waals surface area contributed by atoms with E-state index in [0.717, 1.165) is 33.6 Å². The molecule has 1 unspecified atom stereocenters. The number of likely N-dealkylation sites (N-methyl/N-ethyl adjacent to an activating group) is 1. The van der Waals surface area contributed by atoms with E-state index in [1.165, 1.54) is 0 Å². The second kappa shape index (κ2) is 4.26. The summed E-state index contributed by atoms with van der Waals surface area (Å²) >= 11 is 0. The van der Waals surface area contributed by atoms with E-state index in [4.69, 9.17) is 9.47 Å². The highest BCUT2D eigenvalue weighted by Crippen LogP contribution is 2.57. The second-order valence-electron chi connectivity index (χ2n) is 6.68. The molecule has 0 radical (unpaired) electrons. The number of fused-ring (bicyclic) bond motifs is 4. The normalized spacial score (nSPS) is 29.9. The fourth-order valence-corrected chi connectivity index (χ4v) is 4.29. The molecule has 2 aromatic carbocycles. The van der Waals surface area contributed by atoms with Gasteiger partial charge in [-0.05, 0) is 22.8 Å². The van der Waals surface area contributed by atoms with Crippen molar-refractivity contribution in [3.05, 3.63) is 52.2 Å². The molecular weight excluding hydrogens is 294 g/mol. The molecule has 0 aromatic heterocycles. The van der Waals surface area contributed by atoms with Crippen LogP contribution in [0.3, 0.4) is 0 Å². The Morgan fingerprint density at radius 1 is 1.26 bits per heavy atom. The van der Waals surface area contributed by atoms with E-state index in [1.54, 1.807) is 7.05 Å². The largest absolute Gasteiger partial charge is 0.632 e. The first-order chi connectivity index (χ1) is 11.1. The summed E-state index contributed by atoms with van der Waals surface area (Å²) in [5, 5.41) is 24.0. The first-order valence-electron chi connectivity index (χ1n) is 7.87. The average molecular weight is 311 g/mol. The summed E-state index contributed by atoms with van der Waals surface area (Å²) in [6.07, 6.45) is -0.120. The highest BCUT2D eigenvalue weighted by molar-refractivity contribution is 5.84. The Kier molecular flexibility index (Phi) is 2.48. The smallest absolute Gasteiger partial charge is 0.231 e. The molecule has 5 heteroatoms. The summed E-state index contributed by atoms with van der Waals surface area (Å²) < 4.78 is 10.8. The third-order valence-electron chi connectivity index (χ3n) is 5.35. The molecule has 1 N–H and O–H groups in total. The van der Waals surface area contributed by atoms with Crippen LogP contribution in [0.4, 0.5) is 0 Å². The van der Waals surface area contributed by atoms with E-state index in [-0.39, 0.29) is 6.79 Å². The van der Waals surface area contributed by atoms with Crippen LogP contribution >= 0.6 is 0 Å². The van der Waals surface area contributed by atoms with E-state index >= 15 is 0 Å². The van der Waals surface area contributed by atoms with Crippen LogP contribution in [0.15, 0.2) is 30.3 Å². The summed E-state index contributed by atoms with van der Waals surface area (Å²) in [5.41, 5.74) is 4.69. The number of hydrogen-bond donors (Lipinski definition) is 1. The molecule has 3 aliphatic rings. The minimum Gasteiger partial charge on any atom is -0.632 e. The molecule has 5 nitrogen and oxygen atoms in total. The first kappa shape index (κ1) is 13.4. The number of nitrogens with zero attached hydrogens (tertiary/aromatic N) is 1. The van der Waals surface area contributed by atoms with Crippen LogP contribution in [-0.4, -0.2) is 30.1 Å². The lowest BCUT2D eigenvalue weighted by atomic mass is 9.75. The predicted molar refractivity (Wildman–Crippen MR) is 83.8 cm³/mol. The molecular formula is C18H17NO4. The minimum atomic E-state index is -0.805. The van der Waals surface area contributed by atoms with Gasteiger partial charge >= 0.3 is 0 Å². The second-order valence-corrected chi connectivity index (χ2v) is 6.68. The van der Waals surface area contributed by atoms with E-state index < -0.39 is 16.8 Å². The number of rotatable bonds is 0. The Hall–Kier alpha value is -2.08. The SMILES string of the molecule is C[N+]1([O-])CCc2cc3c(c4c2[C@H]1[C@@H](O)c1ccccc1-4)OCO3. The van der Waals surface area contributed by atoms with Crippen molar-refractivity contribution in [1.82, 2.24) is 0 Å². The van der Waals surface area contributed by atoms with Gasteiger partial charge in [0.05, 0.1) is 13.6 Å². The number of aliphatic hydroxyl groups excluding tert-OH is 1. The quantitative estimate of drug-likeness (QED) is 0.600. The van der Waals surface area contributed by atoms with Crippen molar-refractivity contribution in [3.8, 4) is 22.6 Å². The zero-order valence-electron chi connectivity index (χ0n) is 12.8. The van der Waals surface area contributed by atoms with Crippen molar-refractivity contribution < 1.29 is 19.2 Å². The number of quaternary nitrogens is 1. The highest BCUT2D eigenvalue weighted by Gasteiger charge is 2.47. The van der Waals surface area contributed by atoms with Crippen LogP contribution in [0, 0.1) is 5.21 Å².